The molecule has 5 heteroatoms. The minimum atomic E-state index is -0.283. The largest absolute Gasteiger partial charge is 0.294 e. The molecule has 1 fully saturated rings. The van der Waals surface area contributed by atoms with Crippen molar-refractivity contribution < 1.29 is 4.79 Å². The van der Waals surface area contributed by atoms with Gasteiger partial charge in [-0.3, -0.25) is 10.2 Å². The van der Waals surface area contributed by atoms with Crippen LogP contribution in [0.3, 0.4) is 0 Å². The van der Waals surface area contributed by atoms with Crippen LogP contribution in [-0.2, 0) is 0 Å². The van der Waals surface area contributed by atoms with Gasteiger partial charge in [-0.15, -0.1) is 11.3 Å². The van der Waals surface area contributed by atoms with Crippen LogP contribution in [0.15, 0.2) is 5.38 Å². The van der Waals surface area contributed by atoms with Gasteiger partial charge in [0.15, 0.2) is 5.01 Å². The molecule has 1 aliphatic rings. The van der Waals surface area contributed by atoms with Gasteiger partial charge >= 0.3 is 0 Å². The predicted octanol–water partition coefficient (Wildman–Crippen LogP) is 2.96. The molecule has 0 aliphatic heterocycles. The predicted molar refractivity (Wildman–Crippen MR) is 73.4 cm³/mol. The van der Waals surface area contributed by atoms with Gasteiger partial charge < -0.3 is 0 Å². The van der Waals surface area contributed by atoms with Gasteiger partial charge in [0.1, 0.15) is 0 Å². The quantitative estimate of drug-likeness (QED) is 0.492. The van der Waals surface area contributed by atoms with E-state index in [1.54, 1.807) is 0 Å². The molecule has 0 radical (unpaired) electrons. The number of rotatable bonds is 2. The first-order chi connectivity index (χ1) is 8.81. The summed E-state index contributed by atoms with van der Waals surface area (Å²) in [6.07, 6.45) is 10.4. The van der Waals surface area contributed by atoms with Gasteiger partial charge in [0, 0.05) is 11.3 Å². The van der Waals surface area contributed by atoms with Gasteiger partial charge in [0.2, 0.25) is 0 Å². The maximum absolute atomic E-state index is 11.4. The maximum atomic E-state index is 11.4. The van der Waals surface area contributed by atoms with E-state index in [2.05, 4.69) is 10.4 Å². The molecule has 2 rings (SSSR count). The summed E-state index contributed by atoms with van der Waals surface area (Å²) < 4.78 is 0. The minimum Gasteiger partial charge on any atom is -0.288 e. The van der Waals surface area contributed by atoms with E-state index >= 15 is 0 Å². The van der Waals surface area contributed by atoms with Crippen molar-refractivity contribution in [1.82, 2.24) is 10.4 Å². The van der Waals surface area contributed by atoms with Crippen LogP contribution < -0.4 is 11.3 Å². The van der Waals surface area contributed by atoms with Crippen molar-refractivity contribution in [3.63, 3.8) is 0 Å². The van der Waals surface area contributed by atoms with Crippen molar-refractivity contribution >= 4 is 17.2 Å². The topological polar surface area (TPSA) is 68.0 Å². The van der Waals surface area contributed by atoms with Gasteiger partial charge in [0.05, 0.1) is 5.69 Å². The fraction of sp³-hybridized carbons (Fsp3) is 0.692. The Kier molecular flexibility index (Phi) is 5.13. The molecule has 100 valence electrons. The molecule has 0 atom stereocenters. The highest BCUT2D eigenvalue weighted by Gasteiger charge is 2.18. The summed E-state index contributed by atoms with van der Waals surface area (Å²) in [5, 5.41) is 2.50. The number of nitrogen functional groups attached to an aromatic ring is 1. The standard InChI is InChI=1S/C13H21N3OS/c14-16-12(17)13-15-11(9-18-13)10-7-5-3-1-2-4-6-8-10/h9-10H,1-8,14H2,(H,16,17). The number of amides is 1. The molecule has 0 spiro atoms. The van der Waals surface area contributed by atoms with Gasteiger partial charge in [-0.1, -0.05) is 38.5 Å². The molecule has 1 aliphatic carbocycles. The van der Waals surface area contributed by atoms with Crippen molar-refractivity contribution in [2.75, 3.05) is 0 Å². The van der Waals surface area contributed by atoms with Crippen LogP contribution in [0.1, 0.15) is 72.8 Å². The average Bonchev–Trinajstić information content (AvgIpc) is 2.91. The number of nitrogens with two attached hydrogens (primary N) is 1. The third-order valence-electron chi connectivity index (χ3n) is 3.62. The smallest absolute Gasteiger partial charge is 0.288 e. The van der Waals surface area contributed by atoms with E-state index in [1.165, 1.54) is 62.7 Å². The zero-order chi connectivity index (χ0) is 12.8. The Morgan fingerprint density at radius 1 is 1.22 bits per heavy atom. The van der Waals surface area contributed by atoms with Crippen LogP contribution in [-0.4, -0.2) is 10.9 Å². The summed E-state index contributed by atoms with van der Waals surface area (Å²) in [5.41, 5.74) is 3.22. The van der Waals surface area contributed by atoms with E-state index in [1.807, 2.05) is 5.38 Å². The molecule has 1 saturated carbocycles. The minimum absolute atomic E-state index is 0.283. The fourth-order valence-electron chi connectivity index (χ4n) is 2.57. The molecule has 3 N–H and O–H groups in total. The Morgan fingerprint density at radius 3 is 2.44 bits per heavy atom. The first kappa shape index (κ1) is 13.5. The summed E-state index contributed by atoms with van der Waals surface area (Å²) >= 11 is 1.39. The molecule has 0 aromatic carbocycles. The Morgan fingerprint density at radius 2 is 1.83 bits per heavy atom. The SMILES string of the molecule is NNC(=O)c1nc(C2CCCCCCCC2)cs1. The number of hydrogen-bond donors (Lipinski definition) is 2. The number of nitrogens with zero attached hydrogens (tertiary/aromatic N) is 1. The van der Waals surface area contributed by atoms with Crippen LogP contribution in [0.4, 0.5) is 0 Å². The van der Waals surface area contributed by atoms with Crippen molar-refractivity contribution in [3.05, 3.63) is 16.1 Å². The highest BCUT2D eigenvalue weighted by molar-refractivity contribution is 7.11. The lowest BCUT2D eigenvalue weighted by atomic mass is 9.94. The lowest BCUT2D eigenvalue weighted by Crippen LogP contribution is -2.29. The van der Waals surface area contributed by atoms with Gasteiger partial charge in [-0.25, -0.2) is 10.8 Å². The van der Waals surface area contributed by atoms with E-state index < -0.39 is 0 Å². The van der Waals surface area contributed by atoms with Gasteiger partial charge in [-0.2, -0.15) is 0 Å². The highest BCUT2D eigenvalue weighted by atomic mass is 32.1. The summed E-state index contributed by atoms with van der Waals surface area (Å²) in [4.78, 5) is 15.8. The van der Waals surface area contributed by atoms with Crippen LogP contribution in [0.2, 0.25) is 0 Å². The molecular formula is C13H21N3OS. The normalized spacial score (nSPS) is 18.7. The molecule has 1 aromatic heterocycles. The number of hydrogen-bond acceptors (Lipinski definition) is 4. The molecule has 1 heterocycles. The van der Waals surface area contributed by atoms with Crippen LogP contribution in [0, 0.1) is 0 Å². The number of carbonyl (C=O) groups is 1. The van der Waals surface area contributed by atoms with Crippen molar-refractivity contribution in [3.8, 4) is 0 Å². The first-order valence-corrected chi connectivity index (χ1v) is 7.65. The van der Waals surface area contributed by atoms with Crippen molar-refractivity contribution in [1.29, 1.82) is 0 Å². The highest BCUT2D eigenvalue weighted by Crippen LogP contribution is 2.30. The Labute approximate surface area is 112 Å². The Hall–Kier alpha value is -0.940. The maximum Gasteiger partial charge on any atom is 0.294 e. The number of aromatic nitrogens is 1. The van der Waals surface area contributed by atoms with Crippen molar-refractivity contribution in [2.45, 2.75) is 57.3 Å². The Bertz CT molecular complexity index is 381. The molecule has 0 saturated heterocycles. The zero-order valence-corrected chi connectivity index (χ0v) is 11.5. The Balaban J connectivity index is 2.03. The van der Waals surface area contributed by atoms with Gasteiger partial charge in [-0.05, 0) is 12.8 Å². The zero-order valence-electron chi connectivity index (χ0n) is 10.7. The molecule has 0 unspecified atom stereocenters. The summed E-state index contributed by atoms with van der Waals surface area (Å²) in [5.74, 6) is 5.37. The lowest BCUT2D eigenvalue weighted by Gasteiger charge is -2.12. The average molecular weight is 267 g/mol. The fourth-order valence-corrected chi connectivity index (χ4v) is 3.37. The molecule has 0 bridgehead atoms. The van der Waals surface area contributed by atoms with Gasteiger partial charge in [0.25, 0.3) is 5.91 Å². The van der Waals surface area contributed by atoms with Crippen LogP contribution in [0.5, 0.6) is 0 Å². The van der Waals surface area contributed by atoms with E-state index in [9.17, 15) is 4.79 Å². The summed E-state index contributed by atoms with van der Waals surface area (Å²) in [6, 6.07) is 0. The number of nitrogens with one attached hydrogen (secondary N) is 1. The van der Waals surface area contributed by atoms with Crippen LogP contribution in [0.25, 0.3) is 0 Å². The summed E-state index contributed by atoms with van der Waals surface area (Å²) in [7, 11) is 0. The van der Waals surface area contributed by atoms with E-state index in [4.69, 9.17) is 5.84 Å². The third kappa shape index (κ3) is 3.53. The second-order valence-corrected chi connectivity index (χ2v) is 5.80. The number of carbonyl (C=O) groups excluding carboxylic acids is 1. The third-order valence-corrected chi connectivity index (χ3v) is 4.48. The number of thiazole rings is 1. The van der Waals surface area contributed by atoms with Crippen molar-refractivity contribution in [2.24, 2.45) is 5.84 Å². The molecule has 18 heavy (non-hydrogen) atoms. The second kappa shape index (κ2) is 6.85. The number of hydrazine groups is 1. The molecule has 4 nitrogen and oxygen atoms in total. The van der Waals surface area contributed by atoms with E-state index in [0.717, 1.165) is 5.69 Å². The molecule has 1 aromatic rings. The molecule has 1 amide bonds. The first-order valence-electron chi connectivity index (χ1n) is 6.77. The van der Waals surface area contributed by atoms with E-state index in [0.29, 0.717) is 10.9 Å². The molecular weight excluding hydrogens is 246 g/mol. The second-order valence-electron chi connectivity index (χ2n) is 4.95. The van der Waals surface area contributed by atoms with Crippen LogP contribution >= 0.6 is 11.3 Å². The lowest BCUT2D eigenvalue weighted by molar-refractivity contribution is 0.0953. The summed E-state index contributed by atoms with van der Waals surface area (Å²) in [6.45, 7) is 0. The van der Waals surface area contributed by atoms with E-state index in [-0.39, 0.29) is 5.91 Å². The monoisotopic (exact) mass is 267 g/mol.